The summed E-state index contributed by atoms with van der Waals surface area (Å²) in [5, 5.41) is 0. The van der Waals surface area contributed by atoms with E-state index in [0.717, 1.165) is 11.1 Å². The maximum absolute atomic E-state index is 12.2. The second kappa shape index (κ2) is 6.22. The highest BCUT2D eigenvalue weighted by Crippen LogP contribution is 2.31. The van der Waals surface area contributed by atoms with Gasteiger partial charge in [-0.05, 0) is 35.7 Å². The highest BCUT2D eigenvalue weighted by Gasteiger charge is 2.27. The van der Waals surface area contributed by atoms with Gasteiger partial charge < -0.3 is 4.74 Å². The van der Waals surface area contributed by atoms with Crippen molar-refractivity contribution in [3.63, 3.8) is 0 Å². The zero-order valence-corrected chi connectivity index (χ0v) is 13.7. The van der Waals surface area contributed by atoms with Gasteiger partial charge >= 0.3 is 6.09 Å². The van der Waals surface area contributed by atoms with Crippen LogP contribution in [0.1, 0.15) is 11.1 Å². The van der Waals surface area contributed by atoms with E-state index in [0.29, 0.717) is 18.7 Å². The second-order valence-electron chi connectivity index (χ2n) is 5.17. The number of hydrogen-bond acceptors (Lipinski definition) is 4. The van der Waals surface area contributed by atoms with Crippen LogP contribution in [0.2, 0.25) is 0 Å². The number of rotatable bonds is 3. The molecule has 120 valence electrons. The topological polar surface area (TPSA) is 63.7 Å². The first-order valence-electron chi connectivity index (χ1n) is 7.01. The average Bonchev–Trinajstić information content (AvgIpc) is 2.96. The minimum absolute atomic E-state index is 0.0393. The number of carbonyl (C=O) groups is 1. The number of amides is 1. The summed E-state index contributed by atoms with van der Waals surface area (Å²) in [6, 6.07) is 13.9. The molecule has 1 aliphatic heterocycles. The van der Waals surface area contributed by atoms with Gasteiger partial charge in [-0.15, -0.1) is 0 Å². The van der Waals surface area contributed by atoms with Gasteiger partial charge in [0.2, 0.25) is 0 Å². The van der Waals surface area contributed by atoms with Crippen LogP contribution in [0.5, 0.6) is 0 Å². The van der Waals surface area contributed by atoms with Crippen LogP contribution in [0.15, 0.2) is 53.4 Å². The Morgan fingerprint density at radius 3 is 2.61 bits per heavy atom. The maximum atomic E-state index is 12.2. The van der Waals surface area contributed by atoms with Gasteiger partial charge in [-0.1, -0.05) is 30.3 Å². The highest BCUT2D eigenvalue weighted by molar-refractivity contribution is 8.13. The van der Waals surface area contributed by atoms with Crippen molar-refractivity contribution in [3.05, 3.63) is 59.7 Å². The lowest BCUT2D eigenvalue weighted by Gasteiger charge is -2.17. The van der Waals surface area contributed by atoms with Crippen molar-refractivity contribution in [1.29, 1.82) is 0 Å². The quantitative estimate of drug-likeness (QED) is 0.796. The molecule has 1 aliphatic rings. The highest BCUT2D eigenvalue weighted by atomic mass is 35.7. The van der Waals surface area contributed by atoms with Gasteiger partial charge in [0.05, 0.1) is 10.6 Å². The number of carbonyl (C=O) groups excluding carboxylic acids is 1. The molecule has 3 rings (SSSR count). The molecule has 0 aliphatic carbocycles. The molecule has 0 aromatic heterocycles. The predicted octanol–water partition coefficient (Wildman–Crippen LogP) is 3.31. The SMILES string of the molecule is O=C(OCc1ccccc1)N1CCc2cc(S(=O)(=O)Cl)ccc21. The molecular formula is C16H14ClNO4S. The third-order valence-corrected chi connectivity index (χ3v) is 5.01. The Morgan fingerprint density at radius 1 is 1.17 bits per heavy atom. The summed E-state index contributed by atoms with van der Waals surface area (Å²) in [6.45, 7) is 0.647. The standard InChI is InChI=1S/C16H14ClNO4S/c17-23(20,21)14-6-7-15-13(10-14)8-9-18(15)16(19)22-11-12-4-2-1-3-5-12/h1-7,10H,8-9,11H2. The molecule has 1 amide bonds. The normalized spacial score (nSPS) is 13.7. The van der Waals surface area contributed by atoms with Crippen molar-refractivity contribution in [2.75, 3.05) is 11.4 Å². The number of hydrogen-bond donors (Lipinski definition) is 0. The Kier molecular flexibility index (Phi) is 4.28. The van der Waals surface area contributed by atoms with Gasteiger partial charge in [-0.3, -0.25) is 4.90 Å². The van der Waals surface area contributed by atoms with Crippen LogP contribution in [0.25, 0.3) is 0 Å². The summed E-state index contributed by atoms with van der Waals surface area (Å²) >= 11 is 0. The zero-order valence-electron chi connectivity index (χ0n) is 12.1. The van der Waals surface area contributed by atoms with E-state index in [1.165, 1.54) is 17.0 Å². The van der Waals surface area contributed by atoms with E-state index in [-0.39, 0.29) is 11.5 Å². The maximum Gasteiger partial charge on any atom is 0.414 e. The molecule has 23 heavy (non-hydrogen) atoms. The van der Waals surface area contributed by atoms with Crippen LogP contribution in [-0.2, 0) is 26.8 Å². The molecule has 5 nitrogen and oxygen atoms in total. The lowest BCUT2D eigenvalue weighted by Crippen LogP contribution is -2.29. The van der Waals surface area contributed by atoms with Crippen molar-refractivity contribution < 1.29 is 17.9 Å². The predicted molar refractivity (Wildman–Crippen MR) is 87.2 cm³/mol. The molecule has 0 atom stereocenters. The number of anilines is 1. The smallest absolute Gasteiger partial charge is 0.414 e. The first kappa shape index (κ1) is 15.8. The molecule has 2 aromatic carbocycles. The van der Waals surface area contributed by atoms with E-state index in [1.54, 1.807) is 6.07 Å². The monoisotopic (exact) mass is 351 g/mol. The number of benzene rings is 2. The van der Waals surface area contributed by atoms with E-state index >= 15 is 0 Å². The summed E-state index contributed by atoms with van der Waals surface area (Å²) in [5.74, 6) is 0. The Bertz CT molecular complexity index is 836. The Balaban J connectivity index is 1.73. The van der Waals surface area contributed by atoms with Crippen LogP contribution >= 0.6 is 10.7 Å². The molecule has 0 bridgehead atoms. The summed E-state index contributed by atoms with van der Waals surface area (Å²) in [4.78, 5) is 13.8. The van der Waals surface area contributed by atoms with Crippen LogP contribution in [0, 0.1) is 0 Å². The van der Waals surface area contributed by atoms with Crippen LogP contribution in [0.4, 0.5) is 10.5 Å². The molecule has 0 N–H and O–H groups in total. The molecule has 0 fully saturated rings. The van der Waals surface area contributed by atoms with Gasteiger partial charge in [0.15, 0.2) is 0 Å². The first-order valence-corrected chi connectivity index (χ1v) is 9.32. The minimum Gasteiger partial charge on any atom is -0.444 e. The molecule has 7 heteroatoms. The number of halogens is 1. The lowest BCUT2D eigenvalue weighted by atomic mass is 10.2. The van der Waals surface area contributed by atoms with Gasteiger partial charge in [-0.2, -0.15) is 0 Å². The fraction of sp³-hybridized carbons (Fsp3) is 0.188. The third kappa shape index (κ3) is 3.48. The van der Waals surface area contributed by atoms with Crippen molar-refractivity contribution in [2.45, 2.75) is 17.9 Å². The lowest BCUT2D eigenvalue weighted by molar-refractivity contribution is 0.147. The number of fused-ring (bicyclic) bond motifs is 1. The summed E-state index contributed by atoms with van der Waals surface area (Å²) < 4.78 is 28.0. The van der Waals surface area contributed by atoms with Crippen molar-refractivity contribution in [1.82, 2.24) is 0 Å². The van der Waals surface area contributed by atoms with Crippen LogP contribution < -0.4 is 4.90 Å². The molecule has 1 heterocycles. The van der Waals surface area contributed by atoms with Gasteiger partial charge in [-0.25, -0.2) is 13.2 Å². The van der Waals surface area contributed by atoms with Crippen LogP contribution in [-0.4, -0.2) is 21.1 Å². The van der Waals surface area contributed by atoms with E-state index in [1.807, 2.05) is 30.3 Å². The Labute approximate surface area is 138 Å². The largest absolute Gasteiger partial charge is 0.444 e. The van der Waals surface area contributed by atoms with Crippen molar-refractivity contribution >= 4 is 31.5 Å². The van der Waals surface area contributed by atoms with Gasteiger partial charge in [0.25, 0.3) is 9.05 Å². The van der Waals surface area contributed by atoms with E-state index in [9.17, 15) is 13.2 Å². The van der Waals surface area contributed by atoms with Gasteiger partial charge in [0.1, 0.15) is 6.61 Å². The average molecular weight is 352 g/mol. The van der Waals surface area contributed by atoms with Crippen molar-refractivity contribution in [3.8, 4) is 0 Å². The Morgan fingerprint density at radius 2 is 1.91 bits per heavy atom. The fourth-order valence-corrected chi connectivity index (χ4v) is 3.32. The molecule has 0 radical (unpaired) electrons. The molecule has 0 saturated heterocycles. The van der Waals surface area contributed by atoms with Crippen LogP contribution in [0.3, 0.4) is 0 Å². The summed E-state index contributed by atoms with van der Waals surface area (Å²) in [6.07, 6.45) is 0.116. The molecule has 0 saturated carbocycles. The first-order chi connectivity index (χ1) is 10.9. The zero-order chi connectivity index (χ0) is 16.4. The molecule has 0 spiro atoms. The summed E-state index contributed by atoms with van der Waals surface area (Å²) in [5.41, 5.74) is 2.33. The molecule has 2 aromatic rings. The van der Waals surface area contributed by atoms with Gasteiger partial charge in [0, 0.05) is 17.2 Å². The second-order valence-corrected chi connectivity index (χ2v) is 7.74. The van der Waals surface area contributed by atoms with Crippen molar-refractivity contribution in [2.24, 2.45) is 0 Å². The van der Waals surface area contributed by atoms with E-state index in [4.69, 9.17) is 15.4 Å². The fourth-order valence-electron chi connectivity index (χ4n) is 2.52. The van der Waals surface area contributed by atoms with E-state index < -0.39 is 15.1 Å². The number of ether oxygens (including phenoxy) is 1. The number of nitrogens with zero attached hydrogens (tertiary/aromatic N) is 1. The third-order valence-electron chi connectivity index (χ3n) is 3.65. The molecule has 0 unspecified atom stereocenters. The minimum atomic E-state index is -3.77. The Hall–Kier alpha value is -2.05. The van der Waals surface area contributed by atoms with E-state index in [2.05, 4.69) is 0 Å². The summed E-state index contributed by atoms with van der Waals surface area (Å²) in [7, 11) is 1.57. The molecular weight excluding hydrogens is 338 g/mol.